The van der Waals surface area contributed by atoms with Gasteiger partial charge in [-0.2, -0.15) is 0 Å². The van der Waals surface area contributed by atoms with Crippen LogP contribution in [0.3, 0.4) is 0 Å². The number of hydrogen-bond donors (Lipinski definition) is 0. The molecule has 10 heavy (non-hydrogen) atoms. The smallest absolute Gasteiger partial charge is 0.154 e. The van der Waals surface area contributed by atoms with E-state index in [1.165, 1.54) is 0 Å². The van der Waals surface area contributed by atoms with Crippen LogP contribution in [0.4, 0.5) is 0 Å². The van der Waals surface area contributed by atoms with Crippen LogP contribution in [-0.4, -0.2) is 28.5 Å². The first-order chi connectivity index (χ1) is 4.33. The Morgan fingerprint density at radius 1 is 1.60 bits per heavy atom. The van der Waals surface area contributed by atoms with E-state index in [0.29, 0.717) is 0 Å². The summed E-state index contributed by atoms with van der Waals surface area (Å²) in [6.45, 7) is 0. The van der Waals surface area contributed by atoms with Gasteiger partial charge in [0.05, 0.1) is 16.3 Å². The summed E-state index contributed by atoms with van der Waals surface area (Å²) < 4.78 is 21.0. The zero-order valence-corrected chi connectivity index (χ0v) is 9.59. The molecule has 0 N–H and O–H groups in total. The minimum atomic E-state index is -2.93. The summed E-state index contributed by atoms with van der Waals surface area (Å²) in [4.78, 5) is -0.188. The maximum absolute atomic E-state index is 10.9. The Kier molecular flexibility index (Phi) is 2.42. The van der Waals surface area contributed by atoms with Gasteiger partial charge in [0.1, 0.15) is 3.78 Å². The maximum Gasteiger partial charge on any atom is 0.154 e. The van der Waals surface area contributed by atoms with Gasteiger partial charge in [0.15, 0.2) is 9.84 Å². The second kappa shape index (κ2) is 2.61. The molecular weight excluding hydrogens is 307 g/mol. The normalized spacial score (nSPS) is 45.7. The minimum Gasteiger partial charge on any atom is -0.229 e. The van der Waals surface area contributed by atoms with E-state index in [9.17, 15) is 8.42 Å². The third-order valence-corrected chi connectivity index (χ3v) is 7.18. The van der Waals surface area contributed by atoms with Gasteiger partial charge in [0.2, 0.25) is 0 Å². The SMILES string of the molecule is O=S1(=O)CC(Br)C(Cl)(Br)C1. The topological polar surface area (TPSA) is 34.1 Å². The lowest BCUT2D eigenvalue weighted by Crippen LogP contribution is -2.22. The third-order valence-electron chi connectivity index (χ3n) is 1.27. The van der Waals surface area contributed by atoms with Crippen molar-refractivity contribution < 1.29 is 8.42 Å². The predicted molar refractivity (Wildman–Crippen MR) is 48.9 cm³/mol. The van der Waals surface area contributed by atoms with Crippen LogP contribution in [0.5, 0.6) is 0 Å². The highest BCUT2D eigenvalue weighted by Crippen LogP contribution is 2.40. The molecule has 2 unspecified atom stereocenters. The van der Waals surface area contributed by atoms with Crippen LogP contribution in [0, 0.1) is 0 Å². The number of rotatable bonds is 0. The molecule has 1 saturated heterocycles. The third kappa shape index (κ3) is 1.87. The highest BCUT2D eigenvalue weighted by atomic mass is 79.9. The van der Waals surface area contributed by atoms with Gasteiger partial charge < -0.3 is 0 Å². The minimum absolute atomic E-state index is 0.00251. The molecule has 1 fully saturated rings. The van der Waals surface area contributed by atoms with Gasteiger partial charge in [0, 0.05) is 0 Å². The predicted octanol–water partition coefficient (Wildman–Crippen LogP) is 1.51. The second-order valence-electron chi connectivity index (χ2n) is 2.28. The van der Waals surface area contributed by atoms with Crippen LogP contribution in [0.25, 0.3) is 0 Å². The summed E-state index contributed by atoms with van der Waals surface area (Å²) in [7, 11) is -2.93. The van der Waals surface area contributed by atoms with Gasteiger partial charge in [0.25, 0.3) is 0 Å². The van der Waals surface area contributed by atoms with Crippen LogP contribution in [-0.2, 0) is 9.84 Å². The molecule has 0 saturated carbocycles. The Morgan fingerprint density at radius 3 is 2.20 bits per heavy atom. The average Bonchev–Trinajstić information content (AvgIpc) is 1.73. The van der Waals surface area contributed by atoms with Crippen LogP contribution in [0.1, 0.15) is 0 Å². The molecule has 60 valence electrons. The van der Waals surface area contributed by atoms with E-state index < -0.39 is 13.6 Å². The molecule has 1 heterocycles. The first-order valence-corrected chi connectivity index (χ1v) is 6.47. The monoisotopic (exact) mass is 310 g/mol. The number of halogens is 3. The molecule has 0 amide bonds. The lowest BCUT2D eigenvalue weighted by Gasteiger charge is -2.12. The maximum atomic E-state index is 10.9. The molecule has 1 aliphatic rings. The molecule has 0 radical (unpaired) electrons. The van der Waals surface area contributed by atoms with E-state index in [1.807, 2.05) is 0 Å². The van der Waals surface area contributed by atoms with Crippen molar-refractivity contribution in [2.75, 3.05) is 11.5 Å². The van der Waals surface area contributed by atoms with Gasteiger partial charge >= 0.3 is 0 Å². The van der Waals surface area contributed by atoms with Crippen LogP contribution < -0.4 is 0 Å². The van der Waals surface area contributed by atoms with E-state index >= 15 is 0 Å². The highest BCUT2D eigenvalue weighted by Gasteiger charge is 2.46. The van der Waals surface area contributed by atoms with Crippen molar-refractivity contribution >= 4 is 53.3 Å². The Balaban J connectivity index is 2.92. The lowest BCUT2D eigenvalue weighted by molar-refractivity contribution is 0.602. The van der Waals surface area contributed by atoms with Crippen molar-refractivity contribution in [2.45, 2.75) is 8.61 Å². The molecule has 1 aliphatic heterocycles. The van der Waals surface area contributed by atoms with Crippen LogP contribution >= 0.6 is 43.5 Å². The quantitative estimate of drug-likeness (QED) is 0.636. The molecule has 6 heteroatoms. The molecule has 0 bridgehead atoms. The fourth-order valence-electron chi connectivity index (χ4n) is 0.787. The summed E-state index contributed by atoms with van der Waals surface area (Å²) >= 11 is 12.1. The molecule has 2 nitrogen and oxygen atoms in total. The molecular formula is C4H5Br2ClO2S. The van der Waals surface area contributed by atoms with Crippen molar-refractivity contribution in [1.82, 2.24) is 0 Å². The van der Waals surface area contributed by atoms with Crippen LogP contribution in [0.2, 0.25) is 0 Å². The zero-order chi connectivity index (χ0) is 7.99. The molecule has 0 aromatic carbocycles. The number of alkyl halides is 3. The van der Waals surface area contributed by atoms with Crippen LogP contribution in [0.15, 0.2) is 0 Å². The summed E-state index contributed by atoms with van der Waals surface area (Å²) in [5.41, 5.74) is 0. The summed E-state index contributed by atoms with van der Waals surface area (Å²) in [6.07, 6.45) is 0. The Morgan fingerprint density at radius 2 is 2.10 bits per heavy atom. The van der Waals surface area contributed by atoms with Crippen molar-refractivity contribution in [1.29, 1.82) is 0 Å². The van der Waals surface area contributed by atoms with E-state index in [-0.39, 0.29) is 16.3 Å². The van der Waals surface area contributed by atoms with E-state index in [2.05, 4.69) is 31.9 Å². The first-order valence-electron chi connectivity index (χ1n) is 2.56. The number of sulfone groups is 1. The van der Waals surface area contributed by atoms with Gasteiger partial charge in [-0.05, 0) is 0 Å². The average molecular weight is 312 g/mol. The van der Waals surface area contributed by atoms with Gasteiger partial charge in [-0.25, -0.2) is 8.42 Å². The van der Waals surface area contributed by atoms with E-state index in [1.54, 1.807) is 0 Å². The molecule has 2 atom stereocenters. The summed E-state index contributed by atoms with van der Waals surface area (Å²) in [5.74, 6) is 0.110. The lowest BCUT2D eigenvalue weighted by atomic mass is 10.4. The first kappa shape index (κ1) is 9.29. The van der Waals surface area contributed by atoms with Gasteiger partial charge in [-0.15, -0.1) is 11.6 Å². The molecule has 0 spiro atoms. The second-order valence-corrected chi connectivity index (χ2v) is 8.04. The largest absolute Gasteiger partial charge is 0.229 e. The highest BCUT2D eigenvalue weighted by molar-refractivity contribution is 9.13. The molecule has 0 aromatic heterocycles. The summed E-state index contributed by atoms with van der Waals surface area (Å²) in [6, 6.07) is 0. The Hall–Kier alpha value is 1.20. The van der Waals surface area contributed by atoms with Gasteiger partial charge in [-0.3, -0.25) is 0 Å². The zero-order valence-electron chi connectivity index (χ0n) is 4.85. The van der Waals surface area contributed by atoms with E-state index in [4.69, 9.17) is 11.6 Å². The Labute approximate surface area is 81.5 Å². The number of hydrogen-bond acceptors (Lipinski definition) is 2. The molecule has 0 aliphatic carbocycles. The van der Waals surface area contributed by atoms with Crippen molar-refractivity contribution in [3.05, 3.63) is 0 Å². The standard InChI is InChI=1S/C4H5Br2ClO2S/c5-3-1-10(8,9)2-4(3,6)7/h3H,1-2H2. The van der Waals surface area contributed by atoms with Gasteiger partial charge in [-0.1, -0.05) is 31.9 Å². The molecule has 0 aromatic rings. The van der Waals surface area contributed by atoms with E-state index in [0.717, 1.165) is 0 Å². The fraction of sp³-hybridized carbons (Fsp3) is 1.00. The summed E-state index contributed by atoms with van der Waals surface area (Å²) in [5, 5.41) is 0. The Bertz CT molecular complexity index is 236. The van der Waals surface area contributed by atoms with Crippen molar-refractivity contribution in [2.24, 2.45) is 0 Å². The fourth-order valence-corrected chi connectivity index (χ4v) is 6.10. The van der Waals surface area contributed by atoms with Crippen molar-refractivity contribution in [3.63, 3.8) is 0 Å². The molecule has 1 rings (SSSR count). The van der Waals surface area contributed by atoms with Crippen molar-refractivity contribution in [3.8, 4) is 0 Å².